The van der Waals surface area contributed by atoms with Crippen LogP contribution in [0, 0.1) is 12.7 Å². The van der Waals surface area contributed by atoms with E-state index < -0.39 is 0 Å². The van der Waals surface area contributed by atoms with Gasteiger partial charge in [-0.2, -0.15) is 0 Å². The Morgan fingerprint density at radius 1 is 0.821 bits per heavy atom. The summed E-state index contributed by atoms with van der Waals surface area (Å²) in [7, 11) is 2.11. The van der Waals surface area contributed by atoms with Crippen LogP contribution in [0.5, 0.6) is 0 Å². The van der Waals surface area contributed by atoms with Crippen molar-refractivity contribution in [2.24, 2.45) is 7.05 Å². The Bertz CT molecular complexity index is 1170. The maximum Gasteiger partial charge on any atom is 0.213 e. The average molecular weight is 370 g/mol. The number of hydrogen-bond acceptors (Lipinski definition) is 0. The highest BCUT2D eigenvalue weighted by atomic mass is 19.1. The molecule has 0 atom stereocenters. The van der Waals surface area contributed by atoms with Gasteiger partial charge in [0.1, 0.15) is 12.9 Å². The van der Waals surface area contributed by atoms with Gasteiger partial charge in [0.05, 0.1) is 0 Å². The molecule has 3 aromatic carbocycles. The summed E-state index contributed by atoms with van der Waals surface area (Å²) < 4.78 is 15.8. The van der Waals surface area contributed by atoms with Gasteiger partial charge in [0.25, 0.3) is 0 Å². The molecule has 140 valence electrons. The molecule has 2 heteroatoms. The van der Waals surface area contributed by atoms with Gasteiger partial charge in [0, 0.05) is 17.2 Å². The van der Waals surface area contributed by atoms with Gasteiger partial charge in [-0.15, -0.1) is 0 Å². The van der Waals surface area contributed by atoms with Gasteiger partial charge in [-0.25, -0.2) is 8.96 Å². The number of halogens is 1. The third-order valence-electron chi connectivity index (χ3n) is 5.46. The average Bonchev–Trinajstić information content (AvgIpc) is 2.68. The highest BCUT2D eigenvalue weighted by molar-refractivity contribution is 5.88. The second-order valence-electron chi connectivity index (χ2n) is 7.81. The van der Waals surface area contributed by atoms with E-state index in [-0.39, 0.29) is 5.82 Å². The van der Waals surface area contributed by atoms with Crippen molar-refractivity contribution in [1.29, 1.82) is 0 Å². The second kappa shape index (κ2) is 7.20. The second-order valence-corrected chi connectivity index (χ2v) is 7.81. The molecule has 0 aliphatic carbocycles. The molecule has 0 saturated heterocycles. The lowest BCUT2D eigenvalue weighted by molar-refractivity contribution is -0.660. The van der Waals surface area contributed by atoms with E-state index >= 15 is 0 Å². The Labute approximate surface area is 166 Å². The van der Waals surface area contributed by atoms with Crippen molar-refractivity contribution in [2.45, 2.75) is 26.7 Å². The molecule has 0 radical (unpaired) electrons. The van der Waals surface area contributed by atoms with Crippen molar-refractivity contribution in [3.05, 3.63) is 89.9 Å². The summed E-state index contributed by atoms with van der Waals surface area (Å²) in [6, 6.07) is 22.0. The van der Waals surface area contributed by atoms with Crippen LogP contribution in [0.3, 0.4) is 0 Å². The van der Waals surface area contributed by atoms with Crippen molar-refractivity contribution in [3.63, 3.8) is 0 Å². The zero-order chi connectivity index (χ0) is 19.8. The fraction of sp³-hybridized carbons (Fsp3) is 0.192. The summed E-state index contributed by atoms with van der Waals surface area (Å²) in [5.74, 6) is 0.202. The minimum Gasteiger partial charge on any atom is -0.207 e. The van der Waals surface area contributed by atoms with Crippen LogP contribution < -0.4 is 4.57 Å². The van der Waals surface area contributed by atoms with Gasteiger partial charge in [-0.05, 0) is 64.6 Å². The van der Waals surface area contributed by atoms with Gasteiger partial charge >= 0.3 is 0 Å². The lowest BCUT2D eigenvalue weighted by Crippen LogP contribution is -2.32. The lowest BCUT2D eigenvalue weighted by atomic mass is 9.91. The van der Waals surface area contributed by atoms with Gasteiger partial charge in [0.2, 0.25) is 5.69 Å². The molecule has 0 saturated carbocycles. The number of nitrogens with zero attached hydrogens (tertiary/aromatic N) is 1. The minimum absolute atomic E-state index is 0.198. The maximum atomic E-state index is 13.6. The van der Waals surface area contributed by atoms with Gasteiger partial charge in [-0.3, -0.25) is 0 Å². The van der Waals surface area contributed by atoms with Crippen LogP contribution in [0.4, 0.5) is 4.39 Å². The van der Waals surface area contributed by atoms with E-state index in [1.54, 1.807) is 6.07 Å². The number of fused-ring (bicyclic) bond motifs is 1. The fourth-order valence-electron chi connectivity index (χ4n) is 3.89. The predicted octanol–water partition coefficient (Wildman–Crippen LogP) is 6.57. The fourth-order valence-corrected chi connectivity index (χ4v) is 3.89. The molecule has 1 heterocycles. The highest BCUT2D eigenvalue weighted by Crippen LogP contribution is 2.33. The van der Waals surface area contributed by atoms with E-state index in [1.165, 1.54) is 39.6 Å². The number of hydrogen-bond donors (Lipinski definition) is 0. The molecule has 0 amide bonds. The summed E-state index contributed by atoms with van der Waals surface area (Å²) >= 11 is 0. The van der Waals surface area contributed by atoms with Crippen LogP contribution in [0.1, 0.15) is 30.9 Å². The van der Waals surface area contributed by atoms with E-state index in [0.717, 1.165) is 10.8 Å². The van der Waals surface area contributed by atoms with Gasteiger partial charge < -0.3 is 0 Å². The van der Waals surface area contributed by atoms with Crippen molar-refractivity contribution in [2.75, 3.05) is 0 Å². The summed E-state index contributed by atoms with van der Waals surface area (Å²) in [6.07, 6.45) is 2.25. The molecule has 28 heavy (non-hydrogen) atoms. The highest BCUT2D eigenvalue weighted by Gasteiger charge is 2.20. The lowest BCUT2D eigenvalue weighted by Gasteiger charge is -2.15. The van der Waals surface area contributed by atoms with E-state index in [0.29, 0.717) is 5.92 Å². The summed E-state index contributed by atoms with van der Waals surface area (Å²) in [4.78, 5) is 0. The Balaban J connectivity index is 1.96. The molecule has 0 spiro atoms. The molecule has 4 aromatic rings. The van der Waals surface area contributed by atoms with E-state index in [9.17, 15) is 4.39 Å². The zero-order valence-electron chi connectivity index (χ0n) is 16.8. The number of benzene rings is 3. The molecular formula is C26H25FN+. The monoisotopic (exact) mass is 370 g/mol. The van der Waals surface area contributed by atoms with Crippen LogP contribution >= 0.6 is 0 Å². The van der Waals surface area contributed by atoms with Crippen molar-refractivity contribution in [1.82, 2.24) is 0 Å². The molecule has 1 nitrogen and oxygen atoms in total. The smallest absolute Gasteiger partial charge is 0.207 e. The first-order valence-corrected chi connectivity index (χ1v) is 9.73. The Hall–Kier alpha value is -3.00. The van der Waals surface area contributed by atoms with E-state index in [4.69, 9.17) is 0 Å². The topological polar surface area (TPSA) is 3.88 Å². The van der Waals surface area contributed by atoms with E-state index in [1.807, 2.05) is 12.1 Å². The first-order chi connectivity index (χ1) is 13.4. The number of pyridine rings is 1. The maximum absolute atomic E-state index is 13.6. The predicted molar refractivity (Wildman–Crippen MR) is 115 cm³/mol. The molecule has 0 bridgehead atoms. The van der Waals surface area contributed by atoms with Gasteiger partial charge in [0.15, 0.2) is 6.20 Å². The van der Waals surface area contributed by atoms with Crippen LogP contribution in [0.25, 0.3) is 33.2 Å². The van der Waals surface area contributed by atoms with Crippen LogP contribution in [-0.2, 0) is 7.05 Å². The van der Waals surface area contributed by atoms with Crippen molar-refractivity contribution >= 4 is 10.8 Å². The molecule has 1 aromatic heterocycles. The SMILES string of the molecule is Cc1ccccc1-c1cc(-c2ccc3cc(F)ccc3c2)c(C(C)C)c[n+]1C. The molecule has 0 aliphatic heterocycles. The Morgan fingerprint density at radius 3 is 2.29 bits per heavy atom. The number of aryl methyl sites for hydroxylation is 2. The van der Waals surface area contributed by atoms with Crippen LogP contribution in [0.2, 0.25) is 0 Å². The van der Waals surface area contributed by atoms with Gasteiger partial charge in [-0.1, -0.05) is 50.2 Å². The normalized spacial score (nSPS) is 11.4. The van der Waals surface area contributed by atoms with E-state index in [2.05, 4.69) is 81.0 Å². The first-order valence-electron chi connectivity index (χ1n) is 9.73. The summed E-state index contributed by atoms with van der Waals surface area (Å²) in [5, 5.41) is 1.98. The molecule has 0 fully saturated rings. The Morgan fingerprint density at radius 2 is 1.54 bits per heavy atom. The third kappa shape index (κ3) is 3.31. The quantitative estimate of drug-likeness (QED) is 0.359. The summed E-state index contributed by atoms with van der Waals surface area (Å²) in [6.45, 7) is 6.60. The minimum atomic E-state index is -0.198. The van der Waals surface area contributed by atoms with Crippen LogP contribution in [-0.4, -0.2) is 0 Å². The molecule has 0 N–H and O–H groups in total. The largest absolute Gasteiger partial charge is 0.213 e. The standard InChI is InChI=1S/C26H25FN/c1-17(2)25-16-28(4)26(23-8-6-5-7-18(23)3)15-24(25)21-10-9-20-14-22(27)12-11-19(20)13-21/h5-17H,1-4H3/q+1. The number of aromatic nitrogens is 1. The Kier molecular flexibility index (Phi) is 4.72. The number of rotatable bonds is 3. The third-order valence-corrected chi connectivity index (χ3v) is 5.46. The molecule has 0 unspecified atom stereocenters. The summed E-state index contributed by atoms with van der Waals surface area (Å²) in [5.41, 5.74) is 7.40. The van der Waals surface area contributed by atoms with Crippen LogP contribution in [0.15, 0.2) is 72.9 Å². The molecular weight excluding hydrogens is 345 g/mol. The first kappa shape index (κ1) is 18.4. The van der Waals surface area contributed by atoms with Crippen molar-refractivity contribution in [3.8, 4) is 22.4 Å². The molecule has 0 aliphatic rings. The molecule has 4 rings (SSSR count). The zero-order valence-corrected chi connectivity index (χ0v) is 16.8. The van der Waals surface area contributed by atoms with Crippen molar-refractivity contribution < 1.29 is 8.96 Å².